The van der Waals surface area contributed by atoms with Gasteiger partial charge in [0, 0.05) is 18.0 Å². The van der Waals surface area contributed by atoms with E-state index in [1.54, 1.807) is 12.4 Å². The van der Waals surface area contributed by atoms with Crippen LogP contribution in [0.5, 0.6) is 0 Å². The van der Waals surface area contributed by atoms with Crippen LogP contribution in [0.3, 0.4) is 0 Å². The smallest absolute Gasteiger partial charge is 0.254 e. The Kier molecular flexibility index (Phi) is 2.51. The minimum absolute atomic E-state index is 0.0108. The van der Waals surface area contributed by atoms with Gasteiger partial charge in [0.05, 0.1) is 5.69 Å². The maximum atomic E-state index is 12.0. The maximum absolute atomic E-state index is 12.0. The van der Waals surface area contributed by atoms with Gasteiger partial charge in [-0.25, -0.2) is 9.97 Å². The topological polar surface area (TPSA) is 74.4 Å². The fourth-order valence-electron chi connectivity index (χ4n) is 2.29. The van der Waals surface area contributed by atoms with Crippen molar-refractivity contribution < 1.29 is 0 Å². The Labute approximate surface area is 98.3 Å². The zero-order valence-corrected chi connectivity index (χ0v) is 9.49. The summed E-state index contributed by atoms with van der Waals surface area (Å²) in [6, 6.07) is 0. The summed E-state index contributed by atoms with van der Waals surface area (Å²) in [7, 11) is 0. The summed E-state index contributed by atoms with van der Waals surface area (Å²) < 4.78 is 0. The highest BCUT2D eigenvalue weighted by Crippen LogP contribution is 2.17. The average molecular weight is 230 g/mol. The number of hydrogen-bond acceptors (Lipinski definition) is 3. The van der Waals surface area contributed by atoms with Gasteiger partial charge in [0.2, 0.25) is 0 Å². The summed E-state index contributed by atoms with van der Waals surface area (Å²) >= 11 is 0. The molecule has 2 aromatic rings. The van der Waals surface area contributed by atoms with Gasteiger partial charge in [-0.15, -0.1) is 0 Å². The van der Waals surface area contributed by atoms with Gasteiger partial charge in [-0.05, 0) is 25.7 Å². The molecule has 0 spiro atoms. The van der Waals surface area contributed by atoms with Crippen LogP contribution in [0.4, 0.5) is 0 Å². The number of aryl methyl sites for hydroxylation is 1. The number of aromatic nitrogens is 4. The van der Waals surface area contributed by atoms with Crippen LogP contribution in [0.2, 0.25) is 0 Å². The van der Waals surface area contributed by atoms with Gasteiger partial charge in [-0.3, -0.25) is 4.79 Å². The van der Waals surface area contributed by atoms with Gasteiger partial charge in [0.25, 0.3) is 5.56 Å². The molecule has 1 aliphatic rings. The maximum Gasteiger partial charge on any atom is 0.254 e. The average Bonchev–Trinajstić information content (AvgIpc) is 2.75. The zero-order chi connectivity index (χ0) is 11.7. The fraction of sp³-hybridized carbons (Fsp3) is 0.417. The molecule has 5 nitrogen and oxygen atoms in total. The van der Waals surface area contributed by atoms with Crippen molar-refractivity contribution in [1.29, 1.82) is 0 Å². The normalized spacial score (nSPS) is 15.3. The Bertz CT molecular complexity index is 571. The van der Waals surface area contributed by atoms with E-state index in [4.69, 9.17) is 0 Å². The van der Waals surface area contributed by atoms with E-state index in [0.29, 0.717) is 11.6 Å². The highest BCUT2D eigenvalue weighted by atomic mass is 16.1. The molecule has 0 aliphatic heterocycles. The van der Waals surface area contributed by atoms with Crippen LogP contribution in [0.25, 0.3) is 11.6 Å². The molecule has 2 N–H and O–H groups in total. The first-order valence-electron chi connectivity index (χ1n) is 5.96. The van der Waals surface area contributed by atoms with Crippen molar-refractivity contribution >= 4 is 0 Å². The van der Waals surface area contributed by atoms with Crippen molar-refractivity contribution in [3.05, 3.63) is 34.0 Å². The summed E-state index contributed by atoms with van der Waals surface area (Å²) in [5, 5.41) is 0. The lowest BCUT2D eigenvalue weighted by Crippen LogP contribution is -2.18. The lowest BCUT2D eigenvalue weighted by atomic mass is 10.1. The summed E-state index contributed by atoms with van der Waals surface area (Å²) in [6.07, 6.45) is 8.48. The summed E-state index contributed by atoms with van der Waals surface area (Å²) in [6.45, 7) is 0. The summed E-state index contributed by atoms with van der Waals surface area (Å²) in [5.74, 6) is 1.16. The number of nitrogens with zero attached hydrogens (tertiary/aromatic N) is 2. The Morgan fingerprint density at radius 3 is 2.82 bits per heavy atom. The van der Waals surface area contributed by atoms with E-state index >= 15 is 0 Å². The number of hydrogen-bond donors (Lipinski definition) is 2. The van der Waals surface area contributed by atoms with Crippen molar-refractivity contribution in [2.75, 3.05) is 0 Å². The summed E-state index contributed by atoms with van der Waals surface area (Å²) in [5.41, 5.74) is 1.79. The van der Waals surface area contributed by atoms with E-state index in [-0.39, 0.29) is 5.56 Å². The first-order chi connectivity index (χ1) is 8.34. The van der Waals surface area contributed by atoms with E-state index in [0.717, 1.165) is 36.9 Å². The molecular weight excluding hydrogens is 216 g/mol. The van der Waals surface area contributed by atoms with Crippen LogP contribution < -0.4 is 5.56 Å². The Morgan fingerprint density at radius 1 is 1.12 bits per heavy atom. The second-order valence-electron chi connectivity index (χ2n) is 4.34. The molecule has 88 valence electrons. The molecule has 0 fully saturated rings. The third kappa shape index (κ3) is 1.88. The molecule has 2 aromatic heterocycles. The molecule has 0 bridgehead atoms. The Balaban J connectivity index is 2.12. The Morgan fingerprint density at radius 2 is 2.00 bits per heavy atom. The highest BCUT2D eigenvalue weighted by molar-refractivity contribution is 5.43. The second kappa shape index (κ2) is 4.16. The van der Waals surface area contributed by atoms with Crippen LogP contribution >= 0.6 is 0 Å². The van der Waals surface area contributed by atoms with E-state index in [1.165, 1.54) is 6.42 Å². The summed E-state index contributed by atoms with van der Waals surface area (Å²) in [4.78, 5) is 26.4. The highest BCUT2D eigenvalue weighted by Gasteiger charge is 2.15. The lowest BCUT2D eigenvalue weighted by Gasteiger charge is -2.05. The van der Waals surface area contributed by atoms with Crippen molar-refractivity contribution in [3.8, 4) is 11.6 Å². The molecule has 0 amide bonds. The molecule has 3 rings (SSSR count). The molecule has 2 heterocycles. The largest absolute Gasteiger partial charge is 0.342 e. The molecule has 0 radical (unpaired) electrons. The van der Waals surface area contributed by atoms with Gasteiger partial charge >= 0.3 is 0 Å². The fourth-order valence-corrected chi connectivity index (χ4v) is 2.29. The number of fused-ring (bicyclic) bond motifs is 1. The first-order valence-corrected chi connectivity index (χ1v) is 5.96. The molecule has 5 heteroatoms. The lowest BCUT2D eigenvalue weighted by molar-refractivity contribution is 0.708. The molecular formula is C12H14N4O. The predicted molar refractivity (Wildman–Crippen MR) is 63.7 cm³/mol. The number of imidazole rings is 1. The molecule has 0 aromatic carbocycles. The van der Waals surface area contributed by atoms with Crippen LogP contribution in [0, 0.1) is 0 Å². The number of nitrogens with one attached hydrogen (secondary N) is 2. The zero-order valence-electron chi connectivity index (χ0n) is 9.49. The first kappa shape index (κ1) is 10.3. The third-order valence-corrected chi connectivity index (χ3v) is 3.16. The number of H-pyrrole nitrogens is 2. The monoisotopic (exact) mass is 230 g/mol. The van der Waals surface area contributed by atoms with Gasteiger partial charge in [0.15, 0.2) is 11.6 Å². The minimum atomic E-state index is -0.0108. The van der Waals surface area contributed by atoms with E-state index < -0.39 is 0 Å². The molecule has 17 heavy (non-hydrogen) atoms. The van der Waals surface area contributed by atoms with Crippen LogP contribution in [-0.2, 0) is 12.8 Å². The van der Waals surface area contributed by atoms with Crippen molar-refractivity contribution in [2.45, 2.75) is 32.1 Å². The van der Waals surface area contributed by atoms with Crippen LogP contribution in [0.15, 0.2) is 17.2 Å². The van der Waals surface area contributed by atoms with E-state index in [1.807, 2.05) is 0 Å². The minimum Gasteiger partial charge on any atom is -0.342 e. The number of rotatable bonds is 1. The van der Waals surface area contributed by atoms with Crippen LogP contribution in [-0.4, -0.2) is 19.9 Å². The molecule has 0 atom stereocenters. The predicted octanol–water partition coefficient (Wildman–Crippen LogP) is 1.43. The van der Waals surface area contributed by atoms with Crippen molar-refractivity contribution in [3.63, 3.8) is 0 Å². The standard InChI is InChI=1S/C12H14N4O/c17-12-8-4-2-1-3-5-9(8)15-11(16-12)10-13-6-7-14-10/h6-7H,1-5H2,(H,13,14)(H,15,16,17). The molecule has 0 saturated carbocycles. The van der Waals surface area contributed by atoms with E-state index in [2.05, 4.69) is 19.9 Å². The van der Waals surface area contributed by atoms with E-state index in [9.17, 15) is 4.79 Å². The third-order valence-electron chi connectivity index (χ3n) is 3.16. The molecule has 0 saturated heterocycles. The molecule has 1 aliphatic carbocycles. The Hall–Kier alpha value is -1.91. The van der Waals surface area contributed by atoms with Crippen molar-refractivity contribution in [2.24, 2.45) is 0 Å². The second-order valence-corrected chi connectivity index (χ2v) is 4.34. The number of aromatic amines is 2. The SMILES string of the molecule is O=c1[nH]c(-c2ncc[nH]2)nc2c1CCCCC2. The van der Waals surface area contributed by atoms with Crippen molar-refractivity contribution in [1.82, 2.24) is 19.9 Å². The van der Waals surface area contributed by atoms with Gasteiger partial charge in [0.1, 0.15) is 0 Å². The van der Waals surface area contributed by atoms with Gasteiger partial charge < -0.3 is 9.97 Å². The molecule has 0 unspecified atom stereocenters. The van der Waals surface area contributed by atoms with Gasteiger partial charge in [-0.1, -0.05) is 6.42 Å². The van der Waals surface area contributed by atoms with Gasteiger partial charge in [-0.2, -0.15) is 0 Å². The quantitative estimate of drug-likeness (QED) is 0.728. The van der Waals surface area contributed by atoms with Crippen LogP contribution in [0.1, 0.15) is 30.5 Å².